The van der Waals surface area contributed by atoms with Gasteiger partial charge in [-0.05, 0) is 178 Å². The van der Waals surface area contributed by atoms with E-state index >= 15 is 0 Å². The minimum Gasteiger partial charge on any atom is -0.456 e. The van der Waals surface area contributed by atoms with Crippen LogP contribution in [0.3, 0.4) is 0 Å². The van der Waals surface area contributed by atoms with Crippen LogP contribution in [0.25, 0.3) is 54.3 Å². The van der Waals surface area contributed by atoms with Gasteiger partial charge < -0.3 is 9.32 Å². The maximum absolute atomic E-state index is 7.09. The summed E-state index contributed by atoms with van der Waals surface area (Å²) in [6.45, 7) is 32.6. The molecular formula is C71H75NO. The van der Waals surface area contributed by atoms with Crippen molar-refractivity contribution in [3.63, 3.8) is 0 Å². The van der Waals surface area contributed by atoms with E-state index in [-0.39, 0.29) is 33.0 Å². The summed E-state index contributed by atoms with van der Waals surface area (Å²) in [7, 11) is 0. The second-order valence-corrected chi connectivity index (χ2v) is 26.4. The van der Waals surface area contributed by atoms with Gasteiger partial charge in [-0.1, -0.05) is 200 Å². The van der Waals surface area contributed by atoms with E-state index in [4.69, 9.17) is 4.42 Å². The van der Waals surface area contributed by atoms with Crippen molar-refractivity contribution in [3.05, 3.63) is 208 Å². The summed E-state index contributed by atoms with van der Waals surface area (Å²) in [5, 5.41) is 10.2. The van der Waals surface area contributed by atoms with Gasteiger partial charge in [-0.25, -0.2) is 0 Å². The molecule has 73 heavy (non-hydrogen) atoms. The molecule has 11 rings (SSSR count). The first-order valence-electron chi connectivity index (χ1n) is 27.0. The van der Waals surface area contributed by atoms with E-state index < -0.39 is 0 Å². The highest BCUT2D eigenvalue weighted by atomic mass is 16.3. The van der Waals surface area contributed by atoms with Gasteiger partial charge in [0.05, 0.1) is 5.69 Å². The number of fused-ring (bicyclic) bond motifs is 6. The Labute approximate surface area is 435 Å². The molecule has 370 valence electrons. The molecule has 1 heterocycles. The van der Waals surface area contributed by atoms with Crippen molar-refractivity contribution in [2.45, 2.75) is 149 Å². The highest BCUT2D eigenvalue weighted by Gasteiger charge is 2.34. The fourth-order valence-corrected chi connectivity index (χ4v) is 12.0. The average molecular weight is 958 g/mol. The van der Waals surface area contributed by atoms with Crippen LogP contribution in [0.1, 0.15) is 159 Å². The van der Waals surface area contributed by atoms with Crippen LogP contribution in [0, 0.1) is 0 Å². The molecule has 0 amide bonds. The Bertz CT molecular complexity index is 3760. The van der Waals surface area contributed by atoms with Gasteiger partial charge in [0.2, 0.25) is 0 Å². The molecule has 0 fully saturated rings. The Balaban J connectivity index is 1.12. The van der Waals surface area contributed by atoms with Crippen LogP contribution in [0.2, 0.25) is 0 Å². The van der Waals surface area contributed by atoms with Crippen LogP contribution in [-0.4, -0.2) is 0 Å². The summed E-state index contributed by atoms with van der Waals surface area (Å²) in [4.78, 5) is 2.51. The summed E-state index contributed by atoms with van der Waals surface area (Å²) >= 11 is 0. The largest absolute Gasteiger partial charge is 0.456 e. The quantitative estimate of drug-likeness (QED) is 0.158. The number of aryl methyl sites for hydroxylation is 1. The van der Waals surface area contributed by atoms with E-state index in [1.807, 2.05) is 0 Å². The zero-order valence-corrected chi connectivity index (χ0v) is 46.1. The van der Waals surface area contributed by atoms with Crippen molar-refractivity contribution in [1.29, 1.82) is 0 Å². The van der Waals surface area contributed by atoms with Crippen LogP contribution in [0.4, 0.5) is 17.1 Å². The molecular weight excluding hydrogens is 883 g/mol. The van der Waals surface area contributed by atoms with Gasteiger partial charge in [0.15, 0.2) is 0 Å². The standard InChI is InChI=1S/C71H75NO/c1-67(2,3)50-26-21-44(22-27-50)37-57(56-19-15-17-45-23-28-52(42-58(45)56)69(7,8)9)47-25-34-62-60(40-47)65-63(73-62)41-49-39-55(38-48-35-36-71(13,14)66(65)64(48)49)72(54-32-30-51(31-33-54)68(4,5)6)61-20-16-18-46-24-29-53(43-59(46)61)70(10,11)12/h15-34,38-43,57H,35-37H2,1-14H3. The first-order chi connectivity index (χ1) is 34.4. The Morgan fingerprint density at radius 1 is 0.479 bits per heavy atom. The van der Waals surface area contributed by atoms with Gasteiger partial charge in [-0.15, -0.1) is 0 Å². The van der Waals surface area contributed by atoms with Crippen molar-refractivity contribution in [1.82, 2.24) is 0 Å². The Morgan fingerprint density at radius 2 is 1.05 bits per heavy atom. The zero-order chi connectivity index (χ0) is 51.6. The number of anilines is 3. The third-order valence-electron chi connectivity index (χ3n) is 16.5. The van der Waals surface area contributed by atoms with Gasteiger partial charge in [-0.3, -0.25) is 0 Å². The highest BCUT2D eigenvalue weighted by Crippen LogP contribution is 2.51. The third kappa shape index (κ3) is 8.83. The van der Waals surface area contributed by atoms with E-state index in [9.17, 15) is 0 Å². The molecule has 2 heteroatoms. The van der Waals surface area contributed by atoms with Gasteiger partial charge in [-0.2, -0.15) is 0 Å². The summed E-state index contributed by atoms with van der Waals surface area (Å²) in [6.07, 6.45) is 2.94. The highest BCUT2D eigenvalue weighted by molar-refractivity contribution is 6.15. The zero-order valence-electron chi connectivity index (χ0n) is 46.1. The topological polar surface area (TPSA) is 16.4 Å². The summed E-state index contributed by atoms with van der Waals surface area (Å²) in [5.74, 6) is 0.119. The normalized spacial score (nSPS) is 14.7. The fourth-order valence-electron chi connectivity index (χ4n) is 12.0. The lowest BCUT2D eigenvalue weighted by atomic mass is 9.70. The number of furan rings is 1. The van der Waals surface area contributed by atoms with Crippen LogP contribution >= 0.6 is 0 Å². The predicted molar refractivity (Wildman–Crippen MR) is 315 cm³/mol. The molecule has 0 saturated heterocycles. The molecule has 1 unspecified atom stereocenters. The third-order valence-corrected chi connectivity index (χ3v) is 16.5. The van der Waals surface area contributed by atoms with Crippen LogP contribution < -0.4 is 4.90 Å². The minimum absolute atomic E-state index is 0.0148. The minimum atomic E-state index is -0.0757. The Hall–Kier alpha value is -6.64. The summed E-state index contributed by atoms with van der Waals surface area (Å²) in [5.41, 5.74) is 17.8. The lowest BCUT2D eigenvalue weighted by molar-refractivity contribution is 0.478. The number of hydrogen-bond donors (Lipinski definition) is 0. The van der Waals surface area contributed by atoms with Crippen LogP contribution in [-0.2, 0) is 39.9 Å². The van der Waals surface area contributed by atoms with E-state index in [0.717, 1.165) is 36.1 Å². The molecule has 1 aliphatic carbocycles. The molecule has 9 aromatic carbocycles. The van der Waals surface area contributed by atoms with Gasteiger partial charge in [0.25, 0.3) is 0 Å². The maximum Gasteiger partial charge on any atom is 0.136 e. The Kier molecular flexibility index (Phi) is 11.5. The molecule has 1 aromatic heterocycles. The van der Waals surface area contributed by atoms with Crippen LogP contribution in [0.15, 0.2) is 162 Å². The van der Waals surface area contributed by atoms with Crippen molar-refractivity contribution < 1.29 is 4.42 Å². The van der Waals surface area contributed by atoms with Gasteiger partial charge in [0, 0.05) is 33.5 Å². The molecule has 1 aliphatic rings. The molecule has 0 bridgehead atoms. The molecule has 0 radical (unpaired) electrons. The van der Waals surface area contributed by atoms with Crippen molar-refractivity contribution >= 4 is 71.3 Å². The van der Waals surface area contributed by atoms with Crippen molar-refractivity contribution in [2.24, 2.45) is 0 Å². The summed E-state index contributed by atoms with van der Waals surface area (Å²) in [6, 6.07) is 61.0. The van der Waals surface area contributed by atoms with E-state index in [1.54, 1.807) is 0 Å². The van der Waals surface area contributed by atoms with Crippen molar-refractivity contribution in [2.75, 3.05) is 4.90 Å². The van der Waals surface area contributed by atoms with E-state index in [2.05, 4.69) is 260 Å². The molecule has 0 aliphatic heterocycles. The van der Waals surface area contributed by atoms with Gasteiger partial charge >= 0.3 is 0 Å². The Morgan fingerprint density at radius 3 is 1.68 bits per heavy atom. The first kappa shape index (κ1) is 48.6. The fraction of sp³-hybridized carbons (Fsp3) is 0.324. The summed E-state index contributed by atoms with van der Waals surface area (Å²) < 4.78 is 7.09. The van der Waals surface area contributed by atoms with Gasteiger partial charge in [0.1, 0.15) is 11.2 Å². The number of rotatable bonds is 7. The molecule has 0 spiro atoms. The van der Waals surface area contributed by atoms with E-state index in [1.165, 1.54) is 105 Å². The molecule has 0 saturated carbocycles. The molecule has 0 N–H and O–H groups in total. The lowest BCUT2D eigenvalue weighted by Gasteiger charge is -2.35. The number of nitrogens with zero attached hydrogens (tertiary/aromatic N) is 1. The maximum atomic E-state index is 7.09. The monoisotopic (exact) mass is 958 g/mol. The van der Waals surface area contributed by atoms with E-state index in [0.29, 0.717) is 0 Å². The second kappa shape index (κ2) is 17.2. The average Bonchev–Trinajstić information content (AvgIpc) is 3.70. The number of benzene rings is 9. The first-order valence-corrected chi connectivity index (χ1v) is 27.0. The lowest BCUT2D eigenvalue weighted by Crippen LogP contribution is -2.23. The molecule has 2 nitrogen and oxygen atoms in total. The van der Waals surface area contributed by atoms with Crippen LogP contribution in [0.5, 0.6) is 0 Å². The number of hydrogen-bond acceptors (Lipinski definition) is 2. The molecule has 1 atom stereocenters. The predicted octanol–water partition coefficient (Wildman–Crippen LogP) is 20.3. The second-order valence-electron chi connectivity index (χ2n) is 26.4. The molecule has 10 aromatic rings. The smallest absolute Gasteiger partial charge is 0.136 e. The SMILES string of the molecule is CC(C)(C)c1ccc(CC(c2ccc3oc4cc5cc(N(c6ccc(C(C)(C)C)cc6)c6cccc7ccc(C(C)(C)C)cc67)cc6c5c(c4c3c2)C(C)(C)CC6)c2cccc3ccc(C(C)(C)C)cc23)cc1. The van der Waals surface area contributed by atoms with Crippen molar-refractivity contribution in [3.8, 4) is 0 Å².